The molecular formula is C18H16N4O3S. The zero-order valence-corrected chi connectivity index (χ0v) is 14.5. The molecule has 7 nitrogen and oxygen atoms in total. The first-order valence-corrected chi connectivity index (χ1v) is 8.68. The number of hydrogen-bond donors (Lipinski definition) is 2. The first kappa shape index (κ1) is 17.6. The lowest BCUT2D eigenvalue weighted by molar-refractivity contribution is -0.117. The Morgan fingerprint density at radius 3 is 2.65 bits per heavy atom. The van der Waals surface area contributed by atoms with Crippen LogP contribution >= 0.6 is 11.3 Å². The van der Waals surface area contributed by atoms with E-state index in [-0.39, 0.29) is 17.5 Å². The number of anilines is 1. The second kappa shape index (κ2) is 7.75. The highest BCUT2D eigenvalue weighted by Crippen LogP contribution is 2.16. The number of carbonyl (C=O) groups excluding carboxylic acids is 2. The Hall–Kier alpha value is -3.26. The van der Waals surface area contributed by atoms with Crippen LogP contribution in [0.5, 0.6) is 0 Å². The summed E-state index contributed by atoms with van der Waals surface area (Å²) in [5.74, 6) is -1.04. The normalized spacial score (nSPS) is 10.5. The lowest BCUT2D eigenvalue weighted by Crippen LogP contribution is -2.29. The van der Waals surface area contributed by atoms with Gasteiger partial charge in [0.15, 0.2) is 5.13 Å². The molecule has 3 N–H and O–H groups in total. The van der Waals surface area contributed by atoms with Crippen molar-refractivity contribution in [2.45, 2.75) is 13.0 Å². The molecule has 0 radical (unpaired) electrons. The summed E-state index contributed by atoms with van der Waals surface area (Å²) >= 11 is 1.17. The molecule has 26 heavy (non-hydrogen) atoms. The number of primary amides is 1. The van der Waals surface area contributed by atoms with Gasteiger partial charge in [-0.1, -0.05) is 30.3 Å². The molecule has 2 amide bonds. The fraction of sp³-hybridized carbons (Fsp3) is 0.111. The van der Waals surface area contributed by atoms with Gasteiger partial charge in [-0.05, 0) is 17.7 Å². The lowest BCUT2D eigenvalue weighted by Gasteiger charge is -2.08. The van der Waals surface area contributed by atoms with Crippen LogP contribution in [0.1, 0.15) is 21.6 Å². The van der Waals surface area contributed by atoms with Gasteiger partial charge < -0.3 is 10.3 Å². The Morgan fingerprint density at radius 2 is 1.92 bits per heavy atom. The summed E-state index contributed by atoms with van der Waals surface area (Å²) in [5, 5.41) is 4.53. The molecule has 0 atom stereocenters. The molecule has 0 saturated heterocycles. The number of nitrogens with zero attached hydrogens (tertiary/aromatic N) is 2. The van der Waals surface area contributed by atoms with Crippen molar-refractivity contribution >= 4 is 28.3 Å². The number of benzene rings is 1. The number of nitrogens with two attached hydrogens (primary N) is 1. The van der Waals surface area contributed by atoms with Crippen molar-refractivity contribution in [3.8, 4) is 0 Å². The van der Waals surface area contributed by atoms with Crippen molar-refractivity contribution < 1.29 is 9.59 Å². The summed E-state index contributed by atoms with van der Waals surface area (Å²) in [6, 6.07) is 12.6. The fourth-order valence-corrected chi connectivity index (χ4v) is 3.11. The molecular weight excluding hydrogens is 352 g/mol. The number of carbonyl (C=O) groups is 2. The maximum atomic E-state index is 12.6. The molecule has 132 valence electrons. The minimum absolute atomic E-state index is 0.00158. The van der Waals surface area contributed by atoms with Gasteiger partial charge in [0.25, 0.3) is 11.5 Å². The van der Waals surface area contributed by atoms with Crippen LogP contribution in [0.15, 0.2) is 58.8 Å². The van der Waals surface area contributed by atoms with E-state index in [1.165, 1.54) is 22.0 Å². The molecule has 0 fully saturated rings. The van der Waals surface area contributed by atoms with Crippen LogP contribution in [0.2, 0.25) is 0 Å². The Balaban J connectivity index is 1.77. The first-order valence-electron chi connectivity index (χ1n) is 7.80. The monoisotopic (exact) mass is 368 g/mol. The van der Waals surface area contributed by atoms with Crippen molar-refractivity contribution in [1.29, 1.82) is 0 Å². The second-order valence-electron chi connectivity index (χ2n) is 5.58. The molecule has 8 heteroatoms. The van der Waals surface area contributed by atoms with Crippen LogP contribution < -0.4 is 16.6 Å². The van der Waals surface area contributed by atoms with Crippen molar-refractivity contribution in [2.24, 2.45) is 5.73 Å². The fourth-order valence-electron chi connectivity index (χ4n) is 2.40. The van der Waals surface area contributed by atoms with Gasteiger partial charge in [-0.2, -0.15) is 0 Å². The average Bonchev–Trinajstić information content (AvgIpc) is 3.03. The SMILES string of the molecule is NC(=O)Cc1csc(NC(=O)c2cccn(Cc3ccccc3)c2=O)n1. The van der Waals surface area contributed by atoms with Crippen LogP contribution in [0.25, 0.3) is 0 Å². The van der Waals surface area contributed by atoms with E-state index in [1.54, 1.807) is 17.6 Å². The van der Waals surface area contributed by atoms with Gasteiger partial charge in [-0.3, -0.25) is 19.7 Å². The van der Waals surface area contributed by atoms with Crippen LogP contribution in [-0.2, 0) is 17.8 Å². The Labute approximate surface area is 153 Å². The van der Waals surface area contributed by atoms with Gasteiger partial charge >= 0.3 is 0 Å². The molecule has 1 aromatic carbocycles. The number of pyridine rings is 1. The van der Waals surface area contributed by atoms with Gasteiger partial charge in [0, 0.05) is 11.6 Å². The van der Waals surface area contributed by atoms with Gasteiger partial charge in [0.1, 0.15) is 5.56 Å². The van der Waals surface area contributed by atoms with E-state index in [9.17, 15) is 14.4 Å². The molecule has 0 unspecified atom stereocenters. The molecule has 0 aliphatic rings. The molecule has 3 rings (SSSR count). The van der Waals surface area contributed by atoms with Crippen molar-refractivity contribution in [3.05, 3.63) is 81.2 Å². The van der Waals surface area contributed by atoms with Crippen molar-refractivity contribution in [2.75, 3.05) is 5.32 Å². The number of amides is 2. The smallest absolute Gasteiger partial charge is 0.263 e. The van der Waals surface area contributed by atoms with Gasteiger partial charge in [0.05, 0.1) is 18.7 Å². The van der Waals surface area contributed by atoms with E-state index in [0.717, 1.165) is 5.56 Å². The van der Waals surface area contributed by atoms with E-state index in [0.29, 0.717) is 17.4 Å². The zero-order valence-electron chi connectivity index (χ0n) is 13.7. The molecule has 2 aromatic heterocycles. The van der Waals surface area contributed by atoms with E-state index in [1.807, 2.05) is 30.3 Å². The molecule has 0 aliphatic heterocycles. The number of nitrogens with one attached hydrogen (secondary N) is 1. The third kappa shape index (κ3) is 4.22. The summed E-state index contributed by atoms with van der Waals surface area (Å²) in [4.78, 5) is 40.0. The van der Waals surface area contributed by atoms with Gasteiger partial charge in [0.2, 0.25) is 5.91 Å². The molecule has 0 bridgehead atoms. The number of thiazole rings is 1. The molecule has 0 aliphatic carbocycles. The molecule has 0 saturated carbocycles. The second-order valence-corrected chi connectivity index (χ2v) is 6.44. The standard InChI is InChI=1S/C18H16N4O3S/c19-15(23)9-13-11-26-18(20-13)21-16(24)14-7-4-8-22(17(14)25)10-12-5-2-1-3-6-12/h1-8,11H,9-10H2,(H2,19,23)(H,20,21,24). The molecule has 2 heterocycles. The number of hydrogen-bond acceptors (Lipinski definition) is 5. The van der Waals surface area contributed by atoms with Crippen LogP contribution in [0.3, 0.4) is 0 Å². The van der Waals surface area contributed by atoms with E-state index in [4.69, 9.17) is 5.73 Å². The largest absolute Gasteiger partial charge is 0.369 e. The summed E-state index contributed by atoms with van der Waals surface area (Å²) in [6.45, 7) is 0.376. The summed E-state index contributed by atoms with van der Waals surface area (Å²) in [5.41, 5.74) is 6.20. The van der Waals surface area contributed by atoms with E-state index in [2.05, 4.69) is 10.3 Å². The zero-order chi connectivity index (χ0) is 18.5. The number of rotatable bonds is 6. The van der Waals surface area contributed by atoms with Crippen LogP contribution in [-0.4, -0.2) is 21.4 Å². The topological polar surface area (TPSA) is 107 Å². The first-order chi connectivity index (χ1) is 12.5. The molecule has 0 spiro atoms. The Bertz CT molecular complexity index is 995. The number of aromatic nitrogens is 2. The van der Waals surface area contributed by atoms with Crippen LogP contribution in [0, 0.1) is 0 Å². The quantitative estimate of drug-likeness (QED) is 0.689. The Kier molecular flexibility index (Phi) is 5.23. The Morgan fingerprint density at radius 1 is 1.15 bits per heavy atom. The van der Waals surface area contributed by atoms with Gasteiger partial charge in [-0.25, -0.2) is 4.98 Å². The maximum Gasteiger partial charge on any atom is 0.263 e. The van der Waals surface area contributed by atoms with Gasteiger partial charge in [-0.15, -0.1) is 11.3 Å². The van der Waals surface area contributed by atoms with Crippen molar-refractivity contribution in [1.82, 2.24) is 9.55 Å². The highest BCUT2D eigenvalue weighted by molar-refractivity contribution is 7.14. The summed E-state index contributed by atoms with van der Waals surface area (Å²) in [7, 11) is 0. The third-order valence-corrected chi connectivity index (χ3v) is 4.39. The maximum absolute atomic E-state index is 12.6. The third-order valence-electron chi connectivity index (χ3n) is 3.59. The lowest BCUT2D eigenvalue weighted by atomic mass is 10.2. The highest BCUT2D eigenvalue weighted by Gasteiger charge is 2.14. The van der Waals surface area contributed by atoms with Crippen LogP contribution in [0.4, 0.5) is 5.13 Å². The van der Waals surface area contributed by atoms with E-state index < -0.39 is 11.8 Å². The minimum atomic E-state index is -0.544. The predicted octanol–water partition coefficient (Wildman–Crippen LogP) is 1.63. The summed E-state index contributed by atoms with van der Waals surface area (Å²) < 4.78 is 1.48. The average molecular weight is 368 g/mol. The minimum Gasteiger partial charge on any atom is -0.369 e. The predicted molar refractivity (Wildman–Crippen MR) is 99.2 cm³/mol. The highest BCUT2D eigenvalue weighted by atomic mass is 32.1. The molecule has 3 aromatic rings. The summed E-state index contributed by atoms with van der Waals surface area (Å²) in [6.07, 6.45) is 1.64. The van der Waals surface area contributed by atoms with E-state index >= 15 is 0 Å². The van der Waals surface area contributed by atoms with Crippen molar-refractivity contribution in [3.63, 3.8) is 0 Å².